The van der Waals surface area contributed by atoms with Gasteiger partial charge in [0.25, 0.3) is 5.91 Å². The van der Waals surface area contributed by atoms with Gasteiger partial charge in [0.2, 0.25) is 0 Å². The number of nitriles is 1. The summed E-state index contributed by atoms with van der Waals surface area (Å²) in [5.74, 6) is -0.810. The Morgan fingerprint density at radius 1 is 1.37 bits per heavy atom. The largest absolute Gasteiger partial charge is 0.530 e. The molecule has 0 spiro atoms. The second kappa shape index (κ2) is 8.53. The SMILES string of the molecule is COC(=O)CCNC(=O)[C@@H]1O[P@](=O)(Oc2ccc(C#N)cc2)OCC1(C)C. The van der Waals surface area contributed by atoms with Gasteiger partial charge in [-0.05, 0) is 24.3 Å². The highest BCUT2D eigenvalue weighted by Gasteiger charge is 2.49. The average Bonchev–Trinajstić information content (AvgIpc) is 2.64. The van der Waals surface area contributed by atoms with E-state index in [9.17, 15) is 14.2 Å². The molecule has 1 heterocycles. The molecule has 0 bridgehead atoms. The maximum absolute atomic E-state index is 12.8. The average molecular weight is 396 g/mol. The molecule has 2 atom stereocenters. The van der Waals surface area contributed by atoms with Gasteiger partial charge in [-0.2, -0.15) is 5.26 Å². The van der Waals surface area contributed by atoms with Crippen LogP contribution in [0.4, 0.5) is 0 Å². The molecule has 2 rings (SSSR count). The first-order chi connectivity index (χ1) is 12.7. The molecule has 1 amide bonds. The Kier molecular flexibility index (Phi) is 6.60. The van der Waals surface area contributed by atoms with Crippen LogP contribution in [0, 0.1) is 16.7 Å². The lowest BCUT2D eigenvalue weighted by Gasteiger charge is -2.39. The number of rotatable bonds is 6. The zero-order valence-electron chi connectivity index (χ0n) is 15.3. The molecule has 0 radical (unpaired) electrons. The number of nitrogens with one attached hydrogen (secondary N) is 1. The minimum Gasteiger partial charge on any atom is -0.469 e. The number of benzene rings is 1. The molecule has 1 fully saturated rings. The fraction of sp³-hybridized carbons (Fsp3) is 0.471. The summed E-state index contributed by atoms with van der Waals surface area (Å²) in [6.07, 6.45) is -1.10. The standard InChI is InChI=1S/C17H21N2O7P/c1-17(2)11-24-27(22,25-13-6-4-12(10-18)5-7-13)26-15(17)16(21)19-9-8-14(20)23-3/h4-7,15H,8-9,11H2,1-3H3,(H,19,21)/t15-,27-/m0/s1. The molecule has 0 unspecified atom stereocenters. The number of ether oxygens (including phenoxy) is 1. The second-order valence-corrected chi connectivity index (χ2v) is 8.09. The van der Waals surface area contributed by atoms with Gasteiger partial charge in [0.1, 0.15) is 5.75 Å². The number of esters is 1. The van der Waals surface area contributed by atoms with Crippen LogP contribution in [0.1, 0.15) is 25.8 Å². The minimum atomic E-state index is -4.04. The first kappa shape index (κ1) is 20.9. The van der Waals surface area contributed by atoms with Crippen LogP contribution in [0.25, 0.3) is 0 Å². The van der Waals surface area contributed by atoms with Gasteiger partial charge < -0.3 is 14.6 Å². The van der Waals surface area contributed by atoms with Crippen molar-refractivity contribution in [2.24, 2.45) is 5.41 Å². The van der Waals surface area contributed by atoms with Crippen molar-refractivity contribution in [2.45, 2.75) is 26.4 Å². The predicted molar refractivity (Wildman–Crippen MR) is 93.6 cm³/mol. The second-order valence-electron chi connectivity index (χ2n) is 6.54. The number of phosphoric ester groups is 1. The predicted octanol–water partition coefficient (Wildman–Crippen LogP) is 2.17. The van der Waals surface area contributed by atoms with Crippen LogP contribution in [-0.2, 0) is 27.9 Å². The quantitative estimate of drug-likeness (QED) is 0.573. The van der Waals surface area contributed by atoms with Gasteiger partial charge in [0.15, 0.2) is 6.10 Å². The maximum atomic E-state index is 12.8. The Balaban J connectivity index is 2.05. The number of amides is 1. The van der Waals surface area contributed by atoms with E-state index >= 15 is 0 Å². The molecule has 27 heavy (non-hydrogen) atoms. The van der Waals surface area contributed by atoms with Gasteiger partial charge in [-0.1, -0.05) is 13.8 Å². The van der Waals surface area contributed by atoms with Crippen LogP contribution < -0.4 is 9.84 Å². The Morgan fingerprint density at radius 2 is 2.04 bits per heavy atom. The smallest absolute Gasteiger partial charge is 0.469 e. The van der Waals surface area contributed by atoms with Crippen LogP contribution in [0.2, 0.25) is 0 Å². The number of hydrogen-bond donors (Lipinski definition) is 1. The van der Waals surface area contributed by atoms with Crippen molar-refractivity contribution >= 4 is 19.7 Å². The molecule has 1 aliphatic heterocycles. The van der Waals surface area contributed by atoms with E-state index in [0.29, 0.717) is 5.56 Å². The molecule has 1 N–H and O–H groups in total. The van der Waals surface area contributed by atoms with Gasteiger partial charge in [0, 0.05) is 12.0 Å². The van der Waals surface area contributed by atoms with Crippen LogP contribution in [-0.4, -0.2) is 38.2 Å². The number of nitrogens with zero attached hydrogens (tertiary/aromatic N) is 1. The molecule has 1 aromatic rings. The summed E-state index contributed by atoms with van der Waals surface area (Å²) in [5, 5.41) is 11.4. The lowest BCUT2D eigenvalue weighted by atomic mass is 9.87. The first-order valence-electron chi connectivity index (χ1n) is 8.16. The molecule has 9 nitrogen and oxygen atoms in total. The summed E-state index contributed by atoms with van der Waals surface area (Å²) in [5.41, 5.74) is -0.354. The third-order valence-electron chi connectivity index (χ3n) is 3.83. The van der Waals surface area contributed by atoms with Crippen molar-refractivity contribution in [2.75, 3.05) is 20.3 Å². The normalized spacial score (nSPS) is 23.7. The molecule has 146 valence electrons. The van der Waals surface area contributed by atoms with E-state index in [1.54, 1.807) is 13.8 Å². The summed E-state index contributed by atoms with van der Waals surface area (Å²) < 4.78 is 33.3. The highest BCUT2D eigenvalue weighted by Crippen LogP contribution is 2.56. The number of phosphoric acid groups is 1. The molecule has 1 aliphatic rings. The Hall–Kier alpha value is -2.40. The van der Waals surface area contributed by atoms with E-state index in [2.05, 4.69) is 10.1 Å². The number of methoxy groups -OCH3 is 1. The van der Waals surface area contributed by atoms with Crippen molar-refractivity contribution in [1.82, 2.24) is 5.32 Å². The summed E-state index contributed by atoms with van der Waals surface area (Å²) in [7, 11) is -2.79. The van der Waals surface area contributed by atoms with Crippen LogP contribution in [0.15, 0.2) is 24.3 Å². The Labute approximate surface area is 157 Å². The lowest BCUT2D eigenvalue weighted by Crippen LogP contribution is -2.50. The topological polar surface area (TPSA) is 124 Å². The van der Waals surface area contributed by atoms with Gasteiger partial charge in [0.05, 0.1) is 31.8 Å². The highest BCUT2D eigenvalue weighted by molar-refractivity contribution is 7.49. The molecule has 0 aliphatic carbocycles. The number of hydrogen-bond acceptors (Lipinski definition) is 8. The Bertz CT molecular complexity index is 785. The summed E-state index contributed by atoms with van der Waals surface area (Å²) >= 11 is 0. The molecular weight excluding hydrogens is 375 g/mol. The molecule has 10 heteroatoms. The Morgan fingerprint density at radius 3 is 2.63 bits per heavy atom. The molecule has 0 saturated carbocycles. The number of carbonyl (C=O) groups excluding carboxylic acids is 2. The fourth-order valence-corrected chi connectivity index (χ4v) is 3.94. The van der Waals surface area contributed by atoms with Crippen molar-refractivity contribution < 1.29 is 32.5 Å². The highest BCUT2D eigenvalue weighted by atomic mass is 31.2. The van der Waals surface area contributed by atoms with Crippen LogP contribution >= 0.6 is 7.82 Å². The minimum absolute atomic E-state index is 0.00525. The van der Waals surface area contributed by atoms with Gasteiger partial charge in [-0.15, -0.1) is 0 Å². The van der Waals surface area contributed by atoms with Crippen molar-refractivity contribution in [3.63, 3.8) is 0 Å². The molecule has 1 aromatic carbocycles. The summed E-state index contributed by atoms with van der Waals surface area (Å²) in [6, 6.07) is 7.85. The van der Waals surface area contributed by atoms with Crippen LogP contribution in [0.3, 0.4) is 0 Å². The van der Waals surface area contributed by atoms with E-state index < -0.39 is 31.2 Å². The van der Waals surface area contributed by atoms with Crippen molar-refractivity contribution in [3.8, 4) is 11.8 Å². The van der Waals surface area contributed by atoms with E-state index in [-0.39, 0.29) is 25.3 Å². The van der Waals surface area contributed by atoms with Gasteiger partial charge >= 0.3 is 13.8 Å². The monoisotopic (exact) mass is 396 g/mol. The van der Waals surface area contributed by atoms with E-state index in [4.69, 9.17) is 18.8 Å². The first-order valence-corrected chi connectivity index (χ1v) is 9.62. The van der Waals surface area contributed by atoms with Crippen LogP contribution in [0.5, 0.6) is 5.75 Å². The fourth-order valence-electron chi connectivity index (χ4n) is 2.28. The van der Waals surface area contributed by atoms with E-state index in [1.165, 1.54) is 31.4 Å². The number of carbonyl (C=O) groups is 2. The third-order valence-corrected chi connectivity index (χ3v) is 5.18. The maximum Gasteiger partial charge on any atom is 0.530 e. The van der Waals surface area contributed by atoms with Gasteiger partial charge in [-0.3, -0.25) is 18.6 Å². The molecular formula is C17H21N2O7P. The zero-order valence-corrected chi connectivity index (χ0v) is 16.2. The zero-order chi connectivity index (χ0) is 20.1. The summed E-state index contributed by atoms with van der Waals surface area (Å²) in [4.78, 5) is 23.6. The van der Waals surface area contributed by atoms with Crippen molar-refractivity contribution in [3.05, 3.63) is 29.8 Å². The molecule has 1 saturated heterocycles. The van der Waals surface area contributed by atoms with Gasteiger partial charge in [-0.25, -0.2) is 4.57 Å². The third kappa shape index (κ3) is 5.54. The van der Waals surface area contributed by atoms with E-state index in [1.807, 2.05) is 6.07 Å². The lowest BCUT2D eigenvalue weighted by molar-refractivity contribution is -0.142. The molecule has 0 aromatic heterocycles. The van der Waals surface area contributed by atoms with Crippen molar-refractivity contribution in [1.29, 1.82) is 5.26 Å². The van der Waals surface area contributed by atoms with E-state index in [0.717, 1.165) is 0 Å². The summed E-state index contributed by atoms with van der Waals surface area (Å²) in [6.45, 7) is 3.48.